The minimum Gasteiger partial charge on any atom is -0.395 e. The minimum atomic E-state index is 0.188. The van der Waals surface area contributed by atoms with E-state index in [0.717, 1.165) is 18.4 Å². The Kier molecular flexibility index (Phi) is 6.73. The maximum absolute atomic E-state index is 9.37. The summed E-state index contributed by atoms with van der Waals surface area (Å²) in [5, 5.41) is 9.37. The lowest BCUT2D eigenvalue weighted by Gasteiger charge is -2.39. The van der Waals surface area contributed by atoms with E-state index >= 15 is 0 Å². The molecule has 3 heteroatoms. The fourth-order valence-corrected chi connectivity index (χ4v) is 2.98. The highest BCUT2D eigenvalue weighted by Gasteiger charge is 2.26. The molecule has 1 unspecified atom stereocenters. The fraction of sp³-hybridized carbons (Fsp3) is 0.588. The monoisotopic (exact) mass is 276 g/mol. The highest BCUT2D eigenvalue weighted by molar-refractivity contribution is 5.87. The van der Waals surface area contributed by atoms with Gasteiger partial charge in [-0.15, -0.1) is 0 Å². The highest BCUT2D eigenvalue weighted by atomic mass is 16.3. The Balaban J connectivity index is 3.37. The second kappa shape index (κ2) is 8.05. The van der Waals surface area contributed by atoms with Gasteiger partial charge in [0.05, 0.1) is 6.61 Å². The van der Waals surface area contributed by atoms with E-state index in [1.807, 2.05) is 13.1 Å². The zero-order chi connectivity index (χ0) is 15.1. The molecule has 0 fully saturated rings. The molecule has 0 aromatic rings. The first-order valence-electron chi connectivity index (χ1n) is 7.52. The molecule has 1 N–H and O–H groups in total. The van der Waals surface area contributed by atoms with Gasteiger partial charge in [0.1, 0.15) is 0 Å². The van der Waals surface area contributed by atoms with E-state index in [1.54, 1.807) is 7.05 Å². The van der Waals surface area contributed by atoms with Crippen molar-refractivity contribution in [3.05, 3.63) is 34.6 Å². The Bertz CT molecular complexity index is 444. The van der Waals surface area contributed by atoms with Crippen LogP contribution < -0.4 is 0 Å². The topological polar surface area (TPSA) is 35.8 Å². The van der Waals surface area contributed by atoms with Crippen LogP contribution in [0.1, 0.15) is 40.5 Å². The summed E-state index contributed by atoms with van der Waals surface area (Å²) in [5.41, 5.74) is 5.07. The molecule has 1 aliphatic heterocycles. The van der Waals surface area contributed by atoms with Crippen molar-refractivity contribution in [1.82, 2.24) is 4.90 Å². The van der Waals surface area contributed by atoms with Crippen molar-refractivity contribution < 1.29 is 5.11 Å². The van der Waals surface area contributed by atoms with Gasteiger partial charge in [-0.2, -0.15) is 0 Å². The standard InChI is InChI=1S/C17H28N2O/c1-6-14(12-18-5)17-13(4)11-15(7-2)19(9-10-20)16(17)8-3/h6,11-12,15,20H,7-10H2,1-5H3. The summed E-state index contributed by atoms with van der Waals surface area (Å²) in [7, 11) is 1.80. The van der Waals surface area contributed by atoms with Crippen LogP contribution in [0, 0.1) is 0 Å². The largest absolute Gasteiger partial charge is 0.395 e. The van der Waals surface area contributed by atoms with Gasteiger partial charge in [0.15, 0.2) is 0 Å². The number of hydrogen-bond donors (Lipinski definition) is 1. The van der Waals surface area contributed by atoms with Crippen LogP contribution in [-0.2, 0) is 0 Å². The molecule has 1 atom stereocenters. The number of aliphatic hydroxyl groups excluding tert-OH is 1. The minimum absolute atomic E-state index is 0.188. The first kappa shape index (κ1) is 16.7. The van der Waals surface area contributed by atoms with Gasteiger partial charge in [0.25, 0.3) is 0 Å². The summed E-state index contributed by atoms with van der Waals surface area (Å²) in [4.78, 5) is 6.52. The van der Waals surface area contributed by atoms with E-state index in [4.69, 9.17) is 0 Å². The Morgan fingerprint density at radius 1 is 1.45 bits per heavy atom. The van der Waals surface area contributed by atoms with Crippen LogP contribution in [-0.4, -0.2) is 42.5 Å². The molecule has 0 aliphatic carbocycles. The van der Waals surface area contributed by atoms with Crippen LogP contribution in [0.3, 0.4) is 0 Å². The quantitative estimate of drug-likeness (QED) is 0.755. The van der Waals surface area contributed by atoms with Crippen molar-refractivity contribution in [2.24, 2.45) is 4.99 Å². The third kappa shape index (κ3) is 3.40. The normalized spacial score (nSPS) is 20.9. The Morgan fingerprint density at radius 3 is 2.60 bits per heavy atom. The van der Waals surface area contributed by atoms with E-state index in [-0.39, 0.29) is 6.61 Å². The number of rotatable bonds is 6. The zero-order valence-electron chi connectivity index (χ0n) is 13.5. The molecule has 0 spiro atoms. The molecule has 0 radical (unpaired) electrons. The lowest BCUT2D eigenvalue weighted by molar-refractivity contribution is 0.195. The van der Waals surface area contributed by atoms with Crippen LogP contribution >= 0.6 is 0 Å². The summed E-state index contributed by atoms with van der Waals surface area (Å²) in [5.74, 6) is 0. The van der Waals surface area contributed by atoms with Crippen LogP contribution in [0.15, 0.2) is 39.6 Å². The molecule has 1 rings (SSSR count). The molecule has 0 aromatic heterocycles. The van der Waals surface area contributed by atoms with Crippen molar-refractivity contribution in [2.45, 2.75) is 46.6 Å². The number of nitrogens with zero attached hydrogens (tertiary/aromatic N) is 2. The number of aliphatic hydroxyl groups is 1. The maximum atomic E-state index is 9.37. The lowest BCUT2D eigenvalue weighted by Crippen LogP contribution is -2.38. The molecule has 3 nitrogen and oxygen atoms in total. The second-order valence-corrected chi connectivity index (χ2v) is 5.05. The average Bonchev–Trinajstić information content (AvgIpc) is 2.46. The molecule has 0 aromatic carbocycles. The maximum Gasteiger partial charge on any atom is 0.0606 e. The van der Waals surface area contributed by atoms with E-state index in [9.17, 15) is 5.11 Å². The van der Waals surface area contributed by atoms with Crippen molar-refractivity contribution in [3.63, 3.8) is 0 Å². The molecule has 0 bridgehead atoms. The second-order valence-electron chi connectivity index (χ2n) is 5.05. The third-order valence-electron chi connectivity index (χ3n) is 3.83. The average molecular weight is 276 g/mol. The number of allylic oxidation sites excluding steroid dienone is 5. The van der Waals surface area contributed by atoms with E-state index in [0.29, 0.717) is 12.6 Å². The lowest BCUT2D eigenvalue weighted by atomic mass is 9.89. The van der Waals surface area contributed by atoms with Crippen molar-refractivity contribution in [1.29, 1.82) is 0 Å². The Labute approximate surface area is 123 Å². The first-order valence-corrected chi connectivity index (χ1v) is 7.52. The summed E-state index contributed by atoms with van der Waals surface area (Å²) >= 11 is 0. The smallest absolute Gasteiger partial charge is 0.0606 e. The van der Waals surface area contributed by atoms with Gasteiger partial charge >= 0.3 is 0 Å². The van der Waals surface area contributed by atoms with Gasteiger partial charge in [-0.25, -0.2) is 0 Å². The van der Waals surface area contributed by atoms with Crippen molar-refractivity contribution in [3.8, 4) is 0 Å². The van der Waals surface area contributed by atoms with Crippen LogP contribution in [0.5, 0.6) is 0 Å². The molecule has 0 amide bonds. The van der Waals surface area contributed by atoms with Crippen LogP contribution in [0.2, 0.25) is 0 Å². The molecule has 112 valence electrons. The van der Waals surface area contributed by atoms with Gasteiger partial charge in [0, 0.05) is 37.1 Å². The van der Waals surface area contributed by atoms with Gasteiger partial charge in [0.2, 0.25) is 0 Å². The van der Waals surface area contributed by atoms with E-state index in [1.165, 1.54) is 16.8 Å². The molecule has 1 heterocycles. The SMILES string of the molecule is CC=C(C=NC)C1=C(CC)N(CCO)C(CC)C=C1C. The molecule has 0 saturated heterocycles. The van der Waals surface area contributed by atoms with Gasteiger partial charge in [-0.05, 0) is 37.8 Å². The van der Waals surface area contributed by atoms with Crippen molar-refractivity contribution in [2.75, 3.05) is 20.2 Å². The number of β-amino-alcohol motifs (C(OH)–C–C–N with tert-alkyl or cyclic N) is 1. The molecular weight excluding hydrogens is 248 g/mol. The summed E-state index contributed by atoms with van der Waals surface area (Å²) < 4.78 is 0. The molecule has 0 saturated carbocycles. The Morgan fingerprint density at radius 2 is 2.15 bits per heavy atom. The molecule has 1 aliphatic rings. The molecule has 20 heavy (non-hydrogen) atoms. The van der Waals surface area contributed by atoms with Gasteiger partial charge in [-0.3, -0.25) is 4.99 Å². The number of hydrogen-bond acceptors (Lipinski definition) is 3. The van der Waals surface area contributed by atoms with E-state index in [2.05, 4.69) is 42.8 Å². The predicted molar refractivity (Wildman–Crippen MR) is 87.1 cm³/mol. The predicted octanol–water partition coefficient (Wildman–Crippen LogP) is 3.33. The van der Waals surface area contributed by atoms with Crippen molar-refractivity contribution >= 4 is 6.21 Å². The van der Waals surface area contributed by atoms with Gasteiger partial charge < -0.3 is 10.0 Å². The summed E-state index contributed by atoms with van der Waals surface area (Å²) in [6, 6.07) is 0.387. The highest BCUT2D eigenvalue weighted by Crippen LogP contribution is 2.33. The summed E-state index contributed by atoms with van der Waals surface area (Å²) in [6.07, 6.45) is 8.37. The third-order valence-corrected chi connectivity index (χ3v) is 3.83. The van der Waals surface area contributed by atoms with Crippen LogP contribution in [0.25, 0.3) is 0 Å². The number of aliphatic imine (C=N–C) groups is 1. The van der Waals surface area contributed by atoms with E-state index < -0.39 is 0 Å². The van der Waals surface area contributed by atoms with Crippen LogP contribution in [0.4, 0.5) is 0 Å². The molecular formula is C17H28N2O. The Hall–Kier alpha value is -1.35. The van der Waals surface area contributed by atoms with Gasteiger partial charge in [-0.1, -0.05) is 26.0 Å². The fourth-order valence-electron chi connectivity index (χ4n) is 2.98. The zero-order valence-corrected chi connectivity index (χ0v) is 13.5. The first-order chi connectivity index (χ1) is 9.64. The summed E-state index contributed by atoms with van der Waals surface area (Å²) in [6.45, 7) is 9.48.